The predicted octanol–water partition coefficient (Wildman–Crippen LogP) is 2.88. The zero-order valence-electron chi connectivity index (χ0n) is 10.7. The summed E-state index contributed by atoms with van der Waals surface area (Å²) in [4.78, 5) is 11.1. The van der Waals surface area contributed by atoms with Crippen LogP contribution < -0.4 is 0 Å². The van der Waals surface area contributed by atoms with Gasteiger partial charge in [-0.05, 0) is 44.4 Å². The van der Waals surface area contributed by atoms with Gasteiger partial charge in [0.25, 0.3) is 0 Å². The minimum atomic E-state index is -0.869. The summed E-state index contributed by atoms with van der Waals surface area (Å²) in [6.07, 6.45) is 0.854. The molecule has 0 spiro atoms. The van der Waals surface area contributed by atoms with Gasteiger partial charge >= 0.3 is 5.97 Å². The van der Waals surface area contributed by atoms with E-state index < -0.39 is 11.9 Å². The molecule has 1 aromatic rings. The second kappa shape index (κ2) is 7.11. The molecule has 1 atom stereocenters. The Kier molecular flexibility index (Phi) is 5.78. The Morgan fingerprint density at radius 2 is 2.17 bits per heavy atom. The molecule has 0 fully saturated rings. The Balaban J connectivity index is 2.55. The maximum atomic E-state index is 13.0. The van der Waals surface area contributed by atoms with Gasteiger partial charge in [0.1, 0.15) is 5.82 Å². The van der Waals surface area contributed by atoms with E-state index >= 15 is 0 Å². The molecule has 0 amide bonds. The molecule has 1 aromatic carbocycles. The smallest absolute Gasteiger partial charge is 0.306 e. The lowest BCUT2D eigenvalue weighted by atomic mass is 9.96. The van der Waals surface area contributed by atoms with E-state index in [0.717, 1.165) is 0 Å². The maximum absolute atomic E-state index is 13.0. The number of ether oxygens (including phenoxy) is 1. The first-order valence-electron chi connectivity index (χ1n) is 6.08. The first-order chi connectivity index (χ1) is 8.49. The third-order valence-electron chi connectivity index (χ3n) is 2.64. The highest BCUT2D eigenvalue weighted by atomic mass is 19.1. The normalized spacial score (nSPS) is 12.7. The Bertz CT molecular complexity index is 390. The van der Waals surface area contributed by atoms with Crippen LogP contribution in [-0.2, 0) is 16.0 Å². The summed E-state index contributed by atoms with van der Waals surface area (Å²) in [6.45, 7) is 4.22. The van der Waals surface area contributed by atoms with Crippen LogP contribution >= 0.6 is 0 Å². The molecular weight excluding hydrogens is 235 g/mol. The first kappa shape index (κ1) is 14.6. The Hall–Kier alpha value is -1.42. The molecule has 0 saturated carbocycles. The molecule has 0 saturated heterocycles. The number of carboxylic acids is 1. The fraction of sp³-hybridized carbons (Fsp3) is 0.500. The summed E-state index contributed by atoms with van der Waals surface area (Å²) < 4.78 is 18.4. The topological polar surface area (TPSA) is 46.5 Å². The largest absolute Gasteiger partial charge is 0.481 e. The molecule has 0 radical (unpaired) electrons. The van der Waals surface area contributed by atoms with Gasteiger partial charge in [-0.1, -0.05) is 12.1 Å². The average Bonchev–Trinajstić information content (AvgIpc) is 2.27. The van der Waals surface area contributed by atoms with E-state index in [1.165, 1.54) is 12.1 Å². The lowest BCUT2D eigenvalue weighted by molar-refractivity contribution is -0.142. The average molecular weight is 254 g/mol. The molecule has 18 heavy (non-hydrogen) atoms. The highest BCUT2D eigenvalue weighted by molar-refractivity contribution is 5.70. The SMILES string of the molecule is CC(C)OCCC(Cc1cccc(F)c1)C(=O)O. The second-order valence-corrected chi connectivity index (χ2v) is 4.58. The van der Waals surface area contributed by atoms with Crippen molar-refractivity contribution in [3.63, 3.8) is 0 Å². The lowest BCUT2D eigenvalue weighted by Gasteiger charge is -2.14. The van der Waals surface area contributed by atoms with Gasteiger partial charge in [0.15, 0.2) is 0 Å². The van der Waals surface area contributed by atoms with Crippen LogP contribution in [0.15, 0.2) is 24.3 Å². The Morgan fingerprint density at radius 3 is 2.72 bits per heavy atom. The van der Waals surface area contributed by atoms with Crippen molar-refractivity contribution in [3.05, 3.63) is 35.6 Å². The van der Waals surface area contributed by atoms with Gasteiger partial charge in [-0.15, -0.1) is 0 Å². The van der Waals surface area contributed by atoms with E-state index in [4.69, 9.17) is 9.84 Å². The Labute approximate surface area is 107 Å². The van der Waals surface area contributed by atoms with Crippen LogP contribution in [0, 0.1) is 11.7 Å². The molecule has 1 unspecified atom stereocenters. The van der Waals surface area contributed by atoms with Gasteiger partial charge in [0, 0.05) is 6.61 Å². The van der Waals surface area contributed by atoms with Gasteiger partial charge in [0.05, 0.1) is 12.0 Å². The van der Waals surface area contributed by atoms with Crippen LogP contribution in [-0.4, -0.2) is 23.8 Å². The molecule has 100 valence electrons. The van der Waals surface area contributed by atoms with Crippen LogP contribution in [0.5, 0.6) is 0 Å². The van der Waals surface area contributed by atoms with Gasteiger partial charge in [-0.25, -0.2) is 4.39 Å². The molecule has 0 bridgehead atoms. The molecule has 1 N–H and O–H groups in total. The van der Waals surface area contributed by atoms with Crippen LogP contribution in [0.4, 0.5) is 4.39 Å². The number of carboxylic acid groups (broad SMARTS) is 1. The number of carbonyl (C=O) groups is 1. The molecule has 3 nitrogen and oxygen atoms in total. The molecule has 1 rings (SSSR count). The number of benzene rings is 1. The highest BCUT2D eigenvalue weighted by Crippen LogP contribution is 2.14. The van der Waals surface area contributed by atoms with E-state index in [9.17, 15) is 9.18 Å². The summed E-state index contributed by atoms with van der Waals surface area (Å²) in [5.41, 5.74) is 0.701. The van der Waals surface area contributed by atoms with Crippen LogP contribution in [0.25, 0.3) is 0 Å². The minimum Gasteiger partial charge on any atom is -0.481 e. The number of hydrogen-bond acceptors (Lipinski definition) is 2. The standard InChI is InChI=1S/C14H19FO3/c1-10(2)18-7-6-12(14(16)17)8-11-4-3-5-13(15)9-11/h3-5,9-10,12H,6-8H2,1-2H3,(H,16,17). The number of aliphatic carboxylic acids is 1. The highest BCUT2D eigenvalue weighted by Gasteiger charge is 2.18. The third-order valence-corrected chi connectivity index (χ3v) is 2.64. The van der Waals surface area contributed by atoms with Gasteiger partial charge < -0.3 is 9.84 Å². The summed E-state index contributed by atoms with van der Waals surface area (Å²) in [5, 5.41) is 9.12. The van der Waals surface area contributed by atoms with Crippen molar-refractivity contribution < 1.29 is 19.0 Å². The summed E-state index contributed by atoms with van der Waals surface area (Å²) >= 11 is 0. The van der Waals surface area contributed by atoms with Gasteiger partial charge in [-0.3, -0.25) is 4.79 Å². The fourth-order valence-electron chi connectivity index (χ4n) is 1.71. The van der Waals surface area contributed by atoms with Crippen LogP contribution in [0.2, 0.25) is 0 Å². The van der Waals surface area contributed by atoms with Crippen LogP contribution in [0.3, 0.4) is 0 Å². The van der Waals surface area contributed by atoms with Crippen molar-refractivity contribution in [1.82, 2.24) is 0 Å². The van der Waals surface area contributed by atoms with Crippen molar-refractivity contribution in [3.8, 4) is 0 Å². The number of hydrogen-bond donors (Lipinski definition) is 1. The van der Waals surface area contributed by atoms with Crippen molar-refractivity contribution >= 4 is 5.97 Å². The molecule has 0 aliphatic heterocycles. The van der Waals surface area contributed by atoms with Gasteiger partial charge in [-0.2, -0.15) is 0 Å². The van der Waals surface area contributed by atoms with E-state index in [0.29, 0.717) is 25.0 Å². The quantitative estimate of drug-likeness (QED) is 0.813. The zero-order valence-corrected chi connectivity index (χ0v) is 10.7. The van der Waals surface area contributed by atoms with E-state index in [2.05, 4.69) is 0 Å². The van der Waals surface area contributed by atoms with Crippen molar-refractivity contribution in [2.24, 2.45) is 5.92 Å². The van der Waals surface area contributed by atoms with E-state index in [1.54, 1.807) is 12.1 Å². The number of rotatable bonds is 7. The predicted molar refractivity (Wildman–Crippen MR) is 66.9 cm³/mol. The van der Waals surface area contributed by atoms with Crippen molar-refractivity contribution in [2.75, 3.05) is 6.61 Å². The monoisotopic (exact) mass is 254 g/mol. The third kappa shape index (κ3) is 5.27. The molecule has 0 aliphatic carbocycles. The minimum absolute atomic E-state index is 0.0913. The second-order valence-electron chi connectivity index (χ2n) is 4.58. The summed E-state index contributed by atoms with van der Waals surface area (Å²) in [5.74, 6) is -1.74. The maximum Gasteiger partial charge on any atom is 0.306 e. The molecule has 0 aliphatic rings. The van der Waals surface area contributed by atoms with Crippen molar-refractivity contribution in [2.45, 2.75) is 32.8 Å². The molecular formula is C14H19FO3. The zero-order chi connectivity index (χ0) is 13.5. The summed E-state index contributed by atoms with van der Waals surface area (Å²) in [6, 6.07) is 6.05. The van der Waals surface area contributed by atoms with E-state index in [1.807, 2.05) is 13.8 Å². The first-order valence-corrected chi connectivity index (χ1v) is 6.08. The fourth-order valence-corrected chi connectivity index (χ4v) is 1.71. The van der Waals surface area contributed by atoms with Crippen molar-refractivity contribution in [1.29, 1.82) is 0 Å². The molecule has 4 heteroatoms. The van der Waals surface area contributed by atoms with E-state index in [-0.39, 0.29) is 11.9 Å². The molecule has 0 heterocycles. The lowest BCUT2D eigenvalue weighted by Crippen LogP contribution is -2.19. The number of halogens is 1. The summed E-state index contributed by atoms with van der Waals surface area (Å²) in [7, 11) is 0. The van der Waals surface area contributed by atoms with Crippen LogP contribution in [0.1, 0.15) is 25.8 Å². The molecule has 0 aromatic heterocycles. The Morgan fingerprint density at radius 1 is 1.44 bits per heavy atom. The van der Waals surface area contributed by atoms with Gasteiger partial charge in [0.2, 0.25) is 0 Å².